The highest BCUT2D eigenvalue weighted by atomic mass is 31.2. The Balaban J connectivity index is 4.78. The SMILES string of the molecule is O=C(O)CN(CCN(CC(=O)O)CP(=O)(O)O)CP(=O)(O)O. The van der Waals surface area contributed by atoms with Crippen molar-refractivity contribution >= 4 is 27.1 Å². The van der Waals surface area contributed by atoms with E-state index in [4.69, 9.17) is 29.8 Å². The van der Waals surface area contributed by atoms with Crippen molar-refractivity contribution in [2.45, 2.75) is 0 Å². The van der Waals surface area contributed by atoms with Crippen LogP contribution in [0.3, 0.4) is 0 Å². The van der Waals surface area contributed by atoms with Gasteiger partial charge in [-0.25, -0.2) is 0 Å². The third-order valence-electron chi connectivity index (χ3n) is 2.22. The van der Waals surface area contributed by atoms with E-state index < -0.39 is 52.8 Å². The fourth-order valence-electron chi connectivity index (χ4n) is 1.59. The van der Waals surface area contributed by atoms with Gasteiger partial charge in [0.25, 0.3) is 0 Å². The topological polar surface area (TPSA) is 196 Å². The van der Waals surface area contributed by atoms with E-state index in [9.17, 15) is 18.7 Å². The zero-order valence-electron chi connectivity index (χ0n) is 11.3. The van der Waals surface area contributed by atoms with Gasteiger partial charge in [0, 0.05) is 13.1 Å². The number of hydrogen-bond acceptors (Lipinski definition) is 6. The Hall–Kier alpha value is -0.840. The van der Waals surface area contributed by atoms with Gasteiger partial charge in [0.2, 0.25) is 0 Å². The van der Waals surface area contributed by atoms with Gasteiger partial charge in [-0.3, -0.25) is 28.5 Å². The third-order valence-corrected chi connectivity index (χ3v) is 3.76. The average molecular weight is 364 g/mol. The Labute approximate surface area is 125 Å². The predicted octanol–water partition coefficient (Wildman–Crippen LogP) is -1.97. The number of carboxylic acids is 2. The summed E-state index contributed by atoms with van der Waals surface area (Å²) in [5.41, 5.74) is 0. The van der Waals surface area contributed by atoms with Crippen LogP contribution in [0.25, 0.3) is 0 Å². The summed E-state index contributed by atoms with van der Waals surface area (Å²) in [5.74, 6) is -2.71. The molecule has 0 aliphatic carbocycles. The second kappa shape index (κ2) is 8.70. The molecule has 6 N–H and O–H groups in total. The lowest BCUT2D eigenvalue weighted by Crippen LogP contribution is -2.40. The molecule has 0 saturated carbocycles. The molecule has 0 spiro atoms. The molecular formula is C8H18N2O10P2. The number of hydrogen-bond donors (Lipinski definition) is 6. The third kappa shape index (κ3) is 12.9. The molecule has 0 heterocycles. The summed E-state index contributed by atoms with van der Waals surface area (Å²) in [4.78, 5) is 58.3. The molecule has 12 nitrogen and oxygen atoms in total. The number of carboxylic acid groups (broad SMARTS) is 2. The van der Waals surface area contributed by atoms with Gasteiger partial charge in [-0.1, -0.05) is 0 Å². The van der Waals surface area contributed by atoms with Crippen molar-refractivity contribution in [1.82, 2.24) is 9.80 Å². The van der Waals surface area contributed by atoms with Crippen LogP contribution in [0.15, 0.2) is 0 Å². The first-order valence-electron chi connectivity index (χ1n) is 5.76. The quantitative estimate of drug-likeness (QED) is 0.222. The van der Waals surface area contributed by atoms with E-state index in [-0.39, 0.29) is 13.1 Å². The highest BCUT2D eigenvalue weighted by Gasteiger charge is 2.25. The highest BCUT2D eigenvalue weighted by molar-refractivity contribution is 7.51. The van der Waals surface area contributed by atoms with E-state index in [1.807, 2.05) is 0 Å². The Morgan fingerprint density at radius 3 is 1.18 bits per heavy atom. The molecule has 0 atom stereocenters. The van der Waals surface area contributed by atoms with Crippen molar-refractivity contribution in [2.24, 2.45) is 0 Å². The molecular weight excluding hydrogens is 346 g/mol. The molecule has 22 heavy (non-hydrogen) atoms. The average Bonchev–Trinajstić information content (AvgIpc) is 2.19. The molecule has 0 aromatic rings. The lowest BCUT2D eigenvalue weighted by Gasteiger charge is -2.25. The molecule has 14 heteroatoms. The van der Waals surface area contributed by atoms with Gasteiger partial charge in [0.1, 0.15) is 12.6 Å². The number of carbonyl (C=O) groups is 2. The maximum atomic E-state index is 10.9. The summed E-state index contributed by atoms with van der Waals surface area (Å²) in [6.45, 7) is -1.99. The van der Waals surface area contributed by atoms with Gasteiger partial charge in [-0.15, -0.1) is 0 Å². The normalized spacial score (nSPS) is 12.8. The summed E-state index contributed by atoms with van der Waals surface area (Å²) in [6, 6.07) is 0. The zero-order chi connectivity index (χ0) is 17.6. The summed E-state index contributed by atoms with van der Waals surface area (Å²) in [5, 5.41) is 17.3. The smallest absolute Gasteiger partial charge is 0.339 e. The molecule has 0 aromatic heterocycles. The number of aliphatic carboxylic acids is 2. The molecule has 0 unspecified atom stereocenters. The first kappa shape index (κ1) is 21.2. The van der Waals surface area contributed by atoms with Crippen molar-refractivity contribution in [3.8, 4) is 0 Å². The van der Waals surface area contributed by atoms with Gasteiger partial charge < -0.3 is 29.8 Å². The molecule has 0 rings (SSSR count). The van der Waals surface area contributed by atoms with Crippen LogP contribution in [0.5, 0.6) is 0 Å². The Morgan fingerprint density at radius 1 is 0.727 bits per heavy atom. The van der Waals surface area contributed by atoms with Crippen molar-refractivity contribution < 1.29 is 48.5 Å². The fourth-order valence-corrected chi connectivity index (χ4v) is 3.11. The molecule has 0 aliphatic rings. The summed E-state index contributed by atoms with van der Waals surface area (Å²) >= 11 is 0. The maximum Gasteiger partial charge on any atom is 0.339 e. The molecule has 0 bridgehead atoms. The van der Waals surface area contributed by atoms with E-state index in [1.54, 1.807) is 0 Å². The molecule has 0 radical (unpaired) electrons. The van der Waals surface area contributed by atoms with Crippen LogP contribution in [0, 0.1) is 0 Å². The number of rotatable bonds is 11. The van der Waals surface area contributed by atoms with Crippen molar-refractivity contribution in [3.63, 3.8) is 0 Å². The van der Waals surface area contributed by atoms with Crippen molar-refractivity contribution in [1.29, 1.82) is 0 Å². The molecule has 130 valence electrons. The van der Waals surface area contributed by atoms with E-state index in [0.717, 1.165) is 9.80 Å². The molecule has 0 aliphatic heterocycles. The first-order chi connectivity index (χ1) is 9.78. The number of nitrogens with zero attached hydrogens (tertiary/aromatic N) is 2. The van der Waals surface area contributed by atoms with Gasteiger partial charge in [0.15, 0.2) is 0 Å². The molecule has 0 saturated heterocycles. The van der Waals surface area contributed by atoms with Gasteiger partial charge in [-0.2, -0.15) is 0 Å². The van der Waals surface area contributed by atoms with Crippen LogP contribution >= 0.6 is 15.2 Å². The van der Waals surface area contributed by atoms with Crippen molar-refractivity contribution in [2.75, 3.05) is 38.8 Å². The van der Waals surface area contributed by atoms with Gasteiger partial charge in [-0.05, 0) is 0 Å². The monoisotopic (exact) mass is 364 g/mol. The maximum absolute atomic E-state index is 10.9. The summed E-state index contributed by atoms with van der Waals surface area (Å²) in [6.07, 6.45) is -1.73. The zero-order valence-corrected chi connectivity index (χ0v) is 13.1. The lowest BCUT2D eigenvalue weighted by molar-refractivity contribution is -0.139. The minimum absolute atomic E-state index is 0.287. The molecule has 0 amide bonds. The summed E-state index contributed by atoms with van der Waals surface area (Å²) in [7, 11) is -9.06. The predicted molar refractivity (Wildman–Crippen MR) is 72.2 cm³/mol. The first-order valence-corrected chi connectivity index (χ1v) is 9.35. The van der Waals surface area contributed by atoms with Crippen LogP contribution in [0.2, 0.25) is 0 Å². The largest absolute Gasteiger partial charge is 0.480 e. The summed E-state index contributed by atoms with van der Waals surface area (Å²) < 4.78 is 21.8. The van der Waals surface area contributed by atoms with Gasteiger partial charge in [0.05, 0.1) is 13.1 Å². The van der Waals surface area contributed by atoms with Crippen LogP contribution in [-0.2, 0) is 18.7 Å². The van der Waals surface area contributed by atoms with Crippen LogP contribution in [0.1, 0.15) is 0 Å². The van der Waals surface area contributed by atoms with E-state index in [2.05, 4.69) is 0 Å². The Kier molecular flexibility index (Phi) is 8.37. The minimum atomic E-state index is -4.53. The van der Waals surface area contributed by atoms with Crippen molar-refractivity contribution in [3.05, 3.63) is 0 Å². The Bertz CT molecular complexity index is 441. The van der Waals surface area contributed by atoms with E-state index >= 15 is 0 Å². The molecule has 0 aromatic carbocycles. The minimum Gasteiger partial charge on any atom is -0.480 e. The van der Waals surface area contributed by atoms with E-state index in [1.165, 1.54) is 0 Å². The Morgan fingerprint density at radius 2 is 1.00 bits per heavy atom. The van der Waals surface area contributed by atoms with Gasteiger partial charge >= 0.3 is 27.1 Å². The second-order valence-electron chi connectivity index (χ2n) is 4.50. The lowest BCUT2D eigenvalue weighted by atomic mass is 10.4. The van der Waals surface area contributed by atoms with Crippen LogP contribution in [-0.4, -0.2) is 90.3 Å². The standard InChI is InChI=1S/C8H18N2O10P2/c11-7(12)3-9(5-21(15,16)17)1-2-10(4-8(13)14)6-22(18,19)20/h1-6H2,(H,11,12)(H,13,14)(H2,15,16,17)(H2,18,19,20). The fraction of sp³-hybridized carbons (Fsp3) is 0.750. The van der Waals surface area contributed by atoms with Crippen LogP contribution < -0.4 is 0 Å². The molecule has 0 fully saturated rings. The highest BCUT2D eigenvalue weighted by Crippen LogP contribution is 2.36. The second-order valence-corrected chi connectivity index (χ2v) is 7.73. The van der Waals surface area contributed by atoms with E-state index in [0.29, 0.717) is 0 Å². The van der Waals surface area contributed by atoms with Crippen LogP contribution in [0.4, 0.5) is 0 Å².